The zero-order chi connectivity index (χ0) is 95.9. The number of aliphatic hydroxyl groups is 5. The number of ketones is 1. The van der Waals surface area contributed by atoms with Crippen LogP contribution in [-0.4, -0.2) is 316 Å². The number of nitrogen functional groups attached to an aromatic ring is 2. The van der Waals surface area contributed by atoms with Crippen molar-refractivity contribution >= 4 is 81.0 Å². The predicted molar refractivity (Wildman–Crippen MR) is 508 cm³/mol. The Morgan fingerprint density at radius 2 is 1.47 bits per heavy atom. The standard InChI is InChI=1S/C98H136N20O17/c1-11-12-13-16-60(4)80(129-9)49-72-23-18-64(8)98(128,135-72)89(124)93(126)117-28-15-14-17-76(117)94(127)133-81(73(99)46-65-20-24-77(119)82(47-65)130-10)50-78(120)61(5)44-63(7)87(122)88(123)85(62(6)43-59(2)3)110-132-57-83(121)115-30-27-74-71(56-115)53-104-97(108-74)114-37-33-112(34-38-114)40-42-131-41-39-111-31-35-113(36-32-111)96-102-51-70(52-103-96)92(125)116-29-26-67-45-66(19-21-69(67)55-116)54-118-91-84(90(100)105-58-106-91)86(109-118)68-22-25-79-75(48-68)107-95(101)134-79/h11-13,16,19,21-22,25,44-45,48,51-53,58-59,61-62,64-65,72-73,76-78,80-82,87-88,119-120,122-123,128H,1,14-15,17-18,20,23-24,26-43,46-47,49-50,54-57,99H2,2-10H3,(H2,101,107)(H2,100,105,106)/b13-12+,60-16+,63-44+,110-85+/t61-,62-,64-,65+,72+,73-,76+,77-,78-,80+,81+,82-,87-,88+,98-/m1/s1. The number of piperidine rings is 1. The number of anilines is 4. The van der Waals surface area contributed by atoms with Crippen molar-refractivity contribution in [2.24, 2.45) is 40.5 Å². The minimum Gasteiger partial charge on any atom is -0.459 e. The second-order valence-electron chi connectivity index (χ2n) is 38.0. The maximum Gasteiger partial charge on any atom is 0.329 e. The second kappa shape index (κ2) is 46.0. The highest BCUT2D eigenvalue weighted by Gasteiger charge is 2.53. The van der Waals surface area contributed by atoms with Gasteiger partial charge in [-0.15, -0.1) is 0 Å². The number of hydrogen-bond acceptors (Lipinski definition) is 33. The molecule has 135 heavy (non-hydrogen) atoms. The van der Waals surface area contributed by atoms with Crippen molar-refractivity contribution in [3.63, 3.8) is 0 Å². The zero-order valence-electron chi connectivity index (χ0n) is 79.3. The third kappa shape index (κ3) is 24.7. The number of ether oxygens (including phenoxy) is 5. The number of aliphatic hydroxyl groups excluding tert-OH is 4. The fourth-order valence-corrected chi connectivity index (χ4v) is 19.8. The lowest BCUT2D eigenvalue weighted by atomic mass is 9.80. The maximum atomic E-state index is 14.7. The van der Waals surface area contributed by atoms with Gasteiger partial charge in [-0.2, -0.15) is 10.1 Å². The van der Waals surface area contributed by atoms with E-state index in [1.807, 2.05) is 61.6 Å². The van der Waals surface area contributed by atoms with Crippen molar-refractivity contribution in [2.45, 2.75) is 225 Å². The van der Waals surface area contributed by atoms with Crippen LogP contribution in [0.25, 0.3) is 33.4 Å². The van der Waals surface area contributed by atoms with E-state index in [1.54, 1.807) is 75.7 Å². The number of fused-ring (bicyclic) bond motifs is 4. The van der Waals surface area contributed by atoms with Gasteiger partial charge in [0.15, 0.2) is 17.8 Å². The molecule has 1 saturated carbocycles. The molecule has 2 aromatic carbocycles. The molecule has 11 heterocycles. The van der Waals surface area contributed by atoms with Crippen molar-refractivity contribution in [2.75, 3.05) is 140 Å². The van der Waals surface area contributed by atoms with Gasteiger partial charge in [0.05, 0.1) is 72.6 Å². The van der Waals surface area contributed by atoms with E-state index in [-0.39, 0.29) is 61.3 Å². The first-order valence-electron chi connectivity index (χ1n) is 47.8. The van der Waals surface area contributed by atoms with Gasteiger partial charge in [0.2, 0.25) is 17.7 Å². The molecule has 5 fully saturated rings. The summed E-state index contributed by atoms with van der Waals surface area (Å²) in [4.78, 5) is 123. The molecule has 1 aliphatic carbocycles. The average molecular weight is 1870 g/mol. The summed E-state index contributed by atoms with van der Waals surface area (Å²) in [6, 6.07) is 9.85. The molecule has 0 unspecified atom stereocenters. The molecule has 7 aliphatic rings. The number of carbonyl (C=O) groups is 5. The first-order valence-corrected chi connectivity index (χ1v) is 47.8. The van der Waals surface area contributed by atoms with Gasteiger partial charge in [-0.05, 0) is 142 Å². The molecule has 6 aliphatic heterocycles. The molecular formula is C98H136N20O17. The average Bonchev–Trinajstić information content (AvgIpc) is 1.75. The van der Waals surface area contributed by atoms with Crippen LogP contribution in [0.5, 0.6) is 0 Å². The predicted octanol–water partition coefficient (Wildman–Crippen LogP) is 6.93. The van der Waals surface area contributed by atoms with Crippen LogP contribution in [-0.2, 0) is 80.2 Å². The number of allylic oxidation sites excluding steroid dienone is 4. The highest BCUT2D eigenvalue weighted by molar-refractivity contribution is 6.39. The number of Topliss-reactive ketones (excluding diaryl/α,β-unsaturated/α-hetero) is 1. The van der Waals surface area contributed by atoms with Crippen LogP contribution in [0.1, 0.15) is 164 Å². The Labute approximate surface area is 788 Å². The molecule has 4 saturated heterocycles. The van der Waals surface area contributed by atoms with Gasteiger partial charge in [-0.3, -0.25) is 29.0 Å². The summed E-state index contributed by atoms with van der Waals surface area (Å²) in [5.74, 6) is -6.23. The van der Waals surface area contributed by atoms with Gasteiger partial charge in [-0.25, -0.2) is 39.4 Å². The summed E-state index contributed by atoms with van der Waals surface area (Å²) in [5, 5.41) is 68.8. The molecule has 3 amide bonds. The van der Waals surface area contributed by atoms with Crippen molar-refractivity contribution in [3.05, 3.63) is 143 Å². The summed E-state index contributed by atoms with van der Waals surface area (Å²) < 4.78 is 37.4. The lowest BCUT2D eigenvalue weighted by molar-refractivity contribution is -0.265. The summed E-state index contributed by atoms with van der Waals surface area (Å²) >= 11 is 0. The Morgan fingerprint density at radius 3 is 2.19 bits per heavy atom. The van der Waals surface area contributed by atoms with E-state index in [0.717, 1.165) is 104 Å². The fourth-order valence-electron chi connectivity index (χ4n) is 19.8. The Kier molecular flexibility index (Phi) is 34.1. The molecule has 14 rings (SSSR count). The third-order valence-corrected chi connectivity index (χ3v) is 28.0. The second-order valence-corrected chi connectivity index (χ2v) is 38.0. The molecule has 0 spiro atoms. The number of nitrogens with zero attached hydrogens (tertiary/aromatic N) is 17. The Bertz CT molecular complexity index is 5380. The van der Waals surface area contributed by atoms with E-state index in [2.05, 4.69) is 74.5 Å². The van der Waals surface area contributed by atoms with Crippen molar-refractivity contribution in [3.8, 4) is 11.3 Å². The van der Waals surface area contributed by atoms with E-state index < -0.39 is 109 Å². The first-order chi connectivity index (χ1) is 64.9. The monoisotopic (exact) mass is 1870 g/mol. The Balaban J connectivity index is 0.501. The number of methoxy groups -OCH3 is 2. The molecule has 11 N–H and O–H groups in total. The molecule has 5 aromatic heterocycles. The fraction of sp³-hybridized carbons (Fsp3) is 0.592. The van der Waals surface area contributed by atoms with E-state index in [4.69, 9.17) is 65.2 Å². The number of esters is 1. The number of rotatable bonds is 39. The molecule has 37 heteroatoms. The van der Waals surface area contributed by atoms with E-state index in [1.165, 1.54) is 19.0 Å². The lowest BCUT2D eigenvalue weighted by Gasteiger charge is -2.42. The largest absolute Gasteiger partial charge is 0.459 e. The molecule has 37 nitrogen and oxygen atoms in total. The molecule has 7 aromatic rings. The van der Waals surface area contributed by atoms with E-state index >= 15 is 0 Å². The third-order valence-electron chi connectivity index (χ3n) is 28.0. The smallest absolute Gasteiger partial charge is 0.329 e. The molecular weight excluding hydrogens is 1730 g/mol. The van der Waals surface area contributed by atoms with Gasteiger partial charge >= 0.3 is 5.97 Å². The van der Waals surface area contributed by atoms with Crippen molar-refractivity contribution < 1.29 is 82.4 Å². The summed E-state index contributed by atoms with van der Waals surface area (Å²) in [5.41, 5.74) is 29.2. The van der Waals surface area contributed by atoms with E-state index in [0.29, 0.717) is 173 Å². The number of nitrogens with two attached hydrogens (primary N) is 3. The normalized spacial score (nSPS) is 23.3. The summed E-state index contributed by atoms with van der Waals surface area (Å²) in [6.45, 7) is 27.4. The van der Waals surface area contributed by atoms with Crippen molar-refractivity contribution in [1.82, 2.24) is 69.2 Å². The minimum atomic E-state index is -2.49. The highest BCUT2D eigenvalue weighted by Crippen LogP contribution is 2.40. The number of oxazole rings is 1. The number of hydrogen-bond donors (Lipinski definition) is 8. The van der Waals surface area contributed by atoms with Crippen LogP contribution >= 0.6 is 0 Å². The molecule has 15 atom stereocenters. The van der Waals surface area contributed by atoms with Crippen LogP contribution in [0.15, 0.2) is 119 Å². The maximum absolute atomic E-state index is 14.7. The van der Waals surface area contributed by atoms with Gasteiger partial charge in [0, 0.05) is 185 Å². The topological polar surface area (TPSA) is 476 Å². The minimum absolute atomic E-state index is 0.0259. The van der Waals surface area contributed by atoms with Crippen LogP contribution in [0, 0.1) is 29.6 Å². The van der Waals surface area contributed by atoms with Gasteiger partial charge < -0.3 is 100 Å². The Morgan fingerprint density at radius 1 is 0.748 bits per heavy atom. The van der Waals surface area contributed by atoms with Gasteiger partial charge in [-0.1, -0.05) is 94.9 Å². The number of benzene rings is 2. The number of piperazine rings is 2. The highest BCUT2D eigenvalue weighted by atomic mass is 16.6. The zero-order valence-corrected chi connectivity index (χ0v) is 79.3. The van der Waals surface area contributed by atoms with Crippen molar-refractivity contribution in [1.29, 1.82) is 0 Å². The number of amides is 3. The number of aromatic nitrogens is 9. The van der Waals surface area contributed by atoms with Crippen LogP contribution < -0.4 is 27.0 Å². The molecule has 730 valence electrons. The van der Waals surface area contributed by atoms with Gasteiger partial charge in [0.25, 0.3) is 29.5 Å². The number of oxime groups is 1. The SMILES string of the molecule is C=C/C=C/C=C(\C)[C@H](C[C@@H]1CC[C@@H](C)[C@](O)(C(=O)C(=O)N2CCCC[C@H]2C(=O)O[C@@H](C[C@@H](O)[C@H](C)/C=C(\C)[C@@H](O)[C@@H](O)/C(=N/OCC(=O)N2CCc3nc(N4CCN(CCOCCN5CCN(c6ncc(C(=O)N7CCc8cc(Cn9nc(-c%10ccc%11oc(N)nc%11c%10)c%10c(N)ncnc%109)ccc8C7)cn6)CC5)CC4)ncc3C2)[C@H](C)CC(C)C)[C@H](N)C[C@@H]2CC[C@@H](O)[C@H](OC)C2)O1)OC. The van der Waals surface area contributed by atoms with Crippen LogP contribution in [0.4, 0.5) is 23.7 Å². The number of likely N-dealkylation sites (tertiary alicyclic amines) is 1. The van der Waals surface area contributed by atoms with Crippen LogP contribution in [0.3, 0.4) is 0 Å². The Hall–Kier alpha value is -10.7. The summed E-state index contributed by atoms with van der Waals surface area (Å²) in [7, 11) is 3.10. The molecule has 0 bridgehead atoms. The summed E-state index contributed by atoms with van der Waals surface area (Å²) in [6.07, 6.45) is 13.4. The first kappa shape index (κ1) is 100. The number of carbonyl (C=O) groups excluding carboxylic acids is 5. The lowest BCUT2D eigenvalue weighted by Crippen LogP contribution is -2.61. The quantitative estimate of drug-likeness (QED) is 0.00368. The van der Waals surface area contributed by atoms with Crippen LogP contribution in [0.2, 0.25) is 0 Å². The van der Waals surface area contributed by atoms with E-state index in [9.17, 15) is 49.5 Å². The molecule has 0 radical (unpaired) electrons. The van der Waals surface area contributed by atoms with Gasteiger partial charge in [0.1, 0.15) is 47.7 Å².